The number of para-hydroxylation sites is 1. The predicted octanol–water partition coefficient (Wildman–Crippen LogP) is 3.11. The number of pyridine rings is 1. The van der Waals surface area contributed by atoms with Crippen molar-refractivity contribution in [2.45, 2.75) is 12.2 Å². The number of urea groups is 1. The number of carbonyl (C=O) groups excluding carboxylic acids is 1. The number of anilines is 1. The molecule has 0 fully saturated rings. The summed E-state index contributed by atoms with van der Waals surface area (Å²) in [5.74, 6) is 0. The standard InChI is InChI=1S/C14H17N3OS/c1-10(19-2)9-16-14(18)17-12-7-3-5-11-6-4-8-15-13(11)12/h3-8,10H,9H2,1-2H3,(H2,16,17,18)/t10-/m1/s1. The summed E-state index contributed by atoms with van der Waals surface area (Å²) in [6, 6.07) is 9.39. The third-order valence-electron chi connectivity index (χ3n) is 2.83. The molecule has 2 rings (SSSR count). The third kappa shape index (κ3) is 3.61. The number of nitrogens with one attached hydrogen (secondary N) is 2. The molecule has 2 amide bonds. The highest BCUT2D eigenvalue weighted by atomic mass is 32.2. The fourth-order valence-corrected chi connectivity index (χ4v) is 1.94. The molecular formula is C14H17N3OS. The van der Waals surface area contributed by atoms with E-state index in [2.05, 4.69) is 22.5 Å². The SMILES string of the molecule is CS[C@H](C)CNC(=O)Nc1cccc2cccnc12. The van der Waals surface area contributed by atoms with Gasteiger partial charge in [-0.1, -0.05) is 25.1 Å². The number of amides is 2. The molecule has 0 aliphatic rings. The first-order valence-corrected chi connectivity index (χ1v) is 7.41. The summed E-state index contributed by atoms with van der Waals surface area (Å²) >= 11 is 1.72. The molecule has 1 atom stereocenters. The van der Waals surface area contributed by atoms with E-state index in [1.807, 2.05) is 36.6 Å². The Kier molecular flexibility index (Phi) is 4.63. The molecule has 5 heteroatoms. The summed E-state index contributed by atoms with van der Waals surface area (Å²) in [4.78, 5) is 16.1. The van der Waals surface area contributed by atoms with Crippen molar-refractivity contribution < 1.29 is 4.79 Å². The quantitative estimate of drug-likeness (QED) is 0.901. The Bertz CT molecular complexity index is 568. The molecule has 0 saturated carbocycles. The maximum Gasteiger partial charge on any atom is 0.319 e. The summed E-state index contributed by atoms with van der Waals surface area (Å²) in [6.45, 7) is 2.72. The minimum absolute atomic E-state index is 0.195. The number of hydrogen-bond donors (Lipinski definition) is 2. The molecule has 0 aliphatic carbocycles. The first kappa shape index (κ1) is 13.7. The topological polar surface area (TPSA) is 54.0 Å². The van der Waals surface area contributed by atoms with E-state index >= 15 is 0 Å². The van der Waals surface area contributed by atoms with Crippen LogP contribution in [-0.2, 0) is 0 Å². The molecule has 4 nitrogen and oxygen atoms in total. The average molecular weight is 275 g/mol. The lowest BCUT2D eigenvalue weighted by molar-refractivity contribution is 0.252. The molecule has 0 unspecified atom stereocenters. The van der Waals surface area contributed by atoms with E-state index in [4.69, 9.17) is 0 Å². The summed E-state index contributed by atoms with van der Waals surface area (Å²) in [5, 5.41) is 7.10. The summed E-state index contributed by atoms with van der Waals surface area (Å²) in [7, 11) is 0. The predicted molar refractivity (Wildman–Crippen MR) is 81.7 cm³/mol. The van der Waals surface area contributed by atoms with Gasteiger partial charge in [0.1, 0.15) is 0 Å². The van der Waals surface area contributed by atoms with Gasteiger partial charge in [-0.3, -0.25) is 4.98 Å². The molecule has 0 radical (unpaired) electrons. The molecule has 2 aromatic rings. The molecule has 1 heterocycles. The first-order chi connectivity index (χ1) is 9.20. The third-order valence-corrected chi connectivity index (χ3v) is 3.80. The Balaban J connectivity index is 2.07. The van der Waals surface area contributed by atoms with Crippen LogP contribution in [0.1, 0.15) is 6.92 Å². The lowest BCUT2D eigenvalue weighted by Gasteiger charge is -2.12. The summed E-state index contributed by atoms with van der Waals surface area (Å²) < 4.78 is 0. The van der Waals surface area contributed by atoms with Crippen LogP contribution >= 0.6 is 11.8 Å². The zero-order chi connectivity index (χ0) is 13.7. The van der Waals surface area contributed by atoms with Gasteiger partial charge in [-0.25, -0.2) is 4.79 Å². The van der Waals surface area contributed by atoms with Crippen LogP contribution in [0.25, 0.3) is 10.9 Å². The number of thioether (sulfide) groups is 1. The van der Waals surface area contributed by atoms with E-state index in [0.717, 1.165) is 16.6 Å². The molecule has 0 spiro atoms. The van der Waals surface area contributed by atoms with E-state index in [0.29, 0.717) is 11.8 Å². The Morgan fingerprint density at radius 2 is 2.16 bits per heavy atom. The number of nitrogens with zero attached hydrogens (tertiary/aromatic N) is 1. The van der Waals surface area contributed by atoms with E-state index < -0.39 is 0 Å². The lowest BCUT2D eigenvalue weighted by Crippen LogP contribution is -2.33. The Hall–Kier alpha value is -1.75. The molecule has 2 N–H and O–H groups in total. The van der Waals surface area contributed by atoms with Gasteiger partial charge in [0.2, 0.25) is 0 Å². The van der Waals surface area contributed by atoms with Crippen LogP contribution in [0.4, 0.5) is 10.5 Å². The van der Waals surface area contributed by atoms with Gasteiger partial charge >= 0.3 is 6.03 Å². The second kappa shape index (κ2) is 6.43. The van der Waals surface area contributed by atoms with E-state index in [1.54, 1.807) is 18.0 Å². The Morgan fingerprint density at radius 3 is 2.95 bits per heavy atom. The van der Waals surface area contributed by atoms with Gasteiger partial charge in [0.25, 0.3) is 0 Å². The molecule has 0 aliphatic heterocycles. The minimum atomic E-state index is -0.195. The largest absolute Gasteiger partial charge is 0.337 e. The van der Waals surface area contributed by atoms with Crippen LogP contribution in [-0.4, -0.2) is 29.1 Å². The van der Waals surface area contributed by atoms with Crippen molar-refractivity contribution in [3.05, 3.63) is 36.5 Å². The molecule has 0 saturated heterocycles. The summed E-state index contributed by atoms with van der Waals surface area (Å²) in [5.41, 5.74) is 1.53. The van der Waals surface area contributed by atoms with Gasteiger partial charge in [-0.15, -0.1) is 0 Å². The van der Waals surface area contributed by atoms with Crippen molar-refractivity contribution in [2.24, 2.45) is 0 Å². The highest BCUT2D eigenvalue weighted by molar-refractivity contribution is 7.99. The molecule has 1 aromatic heterocycles. The maximum absolute atomic E-state index is 11.8. The highest BCUT2D eigenvalue weighted by Crippen LogP contribution is 2.20. The van der Waals surface area contributed by atoms with Gasteiger partial charge in [-0.05, 0) is 18.4 Å². The molecule has 0 bridgehead atoms. The first-order valence-electron chi connectivity index (χ1n) is 6.12. The van der Waals surface area contributed by atoms with E-state index in [-0.39, 0.29) is 6.03 Å². The second-order valence-corrected chi connectivity index (χ2v) is 5.54. The van der Waals surface area contributed by atoms with Gasteiger partial charge in [-0.2, -0.15) is 11.8 Å². The van der Waals surface area contributed by atoms with Crippen molar-refractivity contribution in [3.8, 4) is 0 Å². The zero-order valence-corrected chi connectivity index (χ0v) is 11.8. The van der Waals surface area contributed by atoms with Gasteiger partial charge in [0, 0.05) is 23.4 Å². The number of rotatable bonds is 4. The molecule has 19 heavy (non-hydrogen) atoms. The fraction of sp³-hybridized carbons (Fsp3) is 0.286. The normalized spacial score (nSPS) is 12.1. The lowest BCUT2D eigenvalue weighted by atomic mass is 10.2. The van der Waals surface area contributed by atoms with Crippen molar-refractivity contribution in [2.75, 3.05) is 18.1 Å². The number of benzene rings is 1. The van der Waals surface area contributed by atoms with Crippen LogP contribution in [0.2, 0.25) is 0 Å². The number of hydrogen-bond acceptors (Lipinski definition) is 3. The van der Waals surface area contributed by atoms with Gasteiger partial charge < -0.3 is 10.6 Å². The molecule has 100 valence electrons. The fourth-order valence-electron chi connectivity index (χ4n) is 1.69. The number of fused-ring (bicyclic) bond motifs is 1. The maximum atomic E-state index is 11.8. The van der Waals surface area contributed by atoms with Crippen LogP contribution < -0.4 is 10.6 Å². The highest BCUT2D eigenvalue weighted by Gasteiger charge is 2.07. The van der Waals surface area contributed by atoms with E-state index in [1.165, 1.54) is 0 Å². The second-order valence-electron chi connectivity index (χ2n) is 4.26. The van der Waals surface area contributed by atoms with Gasteiger partial charge in [0.15, 0.2) is 0 Å². The van der Waals surface area contributed by atoms with Gasteiger partial charge in [0.05, 0.1) is 11.2 Å². The average Bonchev–Trinajstić information content (AvgIpc) is 2.45. The van der Waals surface area contributed by atoms with Crippen molar-refractivity contribution in [1.82, 2.24) is 10.3 Å². The Labute approximate surface area is 117 Å². The van der Waals surface area contributed by atoms with Crippen molar-refractivity contribution >= 4 is 34.4 Å². The number of aromatic nitrogens is 1. The monoisotopic (exact) mass is 275 g/mol. The van der Waals surface area contributed by atoms with E-state index in [9.17, 15) is 4.79 Å². The Morgan fingerprint density at radius 1 is 1.37 bits per heavy atom. The van der Waals surface area contributed by atoms with Crippen molar-refractivity contribution in [1.29, 1.82) is 0 Å². The molecular weight excluding hydrogens is 258 g/mol. The minimum Gasteiger partial charge on any atom is -0.337 e. The summed E-state index contributed by atoms with van der Waals surface area (Å²) in [6.07, 6.45) is 3.75. The smallest absolute Gasteiger partial charge is 0.319 e. The van der Waals surface area contributed by atoms with Crippen LogP contribution in [0, 0.1) is 0 Å². The van der Waals surface area contributed by atoms with Crippen LogP contribution in [0.3, 0.4) is 0 Å². The van der Waals surface area contributed by atoms with Crippen LogP contribution in [0.15, 0.2) is 36.5 Å². The zero-order valence-electron chi connectivity index (χ0n) is 11.0. The molecule has 1 aromatic carbocycles. The van der Waals surface area contributed by atoms with Crippen molar-refractivity contribution in [3.63, 3.8) is 0 Å². The number of carbonyl (C=O) groups is 1. The van der Waals surface area contributed by atoms with Crippen LogP contribution in [0.5, 0.6) is 0 Å².